The van der Waals surface area contributed by atoms with Crippen molar-refractivity contribution in [1.82, 2.24) is 9.78 Å². The zero-order valence-corrected chi connectivity index (χ0v) is 17.6. The molecule has 0 bridgehead atoms. The molecule has 0 saturated heterocycles. The second kappa shape index (κ2) is 8.86. The van der Waals surface area contributed by atoms with Crippen molar-refractivity contribution in [3.8, 4) is 11.5 Å². The minimum absolute atomic E-state index is 0.264. The molecule has 1 aromatic carbocycles. The number of methoxy groups -OCH3 is 1. The third kappa shape index (κ3) is 4.79. The molecule has 1 aliphatic carbocycles. The minimum atomic E-state index is -0.265. The summed E-state index contributed by atoms with van der Waals surface area (Å²) in [4.78, 5) is 12.8. The van der Waals surface area contributed by atoms with Crippen molar-refractivity contribution in [1.29, 1.82) is 0 Å². The van der Waals surface area contributed by atoms with Crippen LogP contribution in [0.25, 0.3) is 0 Å². The number of ether oxygens (including phenoxy) is 2. The van der Waals surface area contributed by atoms with Crippen LogP contribution in [0.1, 0.15) is 56.4 Å². The average molecular weight is 406 g/mol. The number of benzene rings is 1. The van der Waals surface area contributed by atoms with Crippen molar-refractivity contribution in [2.24, 2.45) is 11.8 Å². The molecule has 1 unspecified atom stereocenters. The normalized spacial score (nSPS) is 14.8. The number of carbonyl (C=O) groups excluding carboxylic acids is 1. The second-order valence-corrected chi connectivity index (χ2v) is 8.12. The standard InChI is InChI=1S/C21H28ClN3O3/c1-13(2)8-10-28-20-17(22)11-16(12-18(20)27-4)21(26)24-19-7-9-23-25(19)14(3)15-5-6-15/h7,9,11-15H,5-6,8,10H2,1-4H3,(H,24,26). The van der Waals surface area contributed by atoms with Crippen molar-refractivity contribution in [3.05, 3.63) is 35.0 Å². The lowest BCUT2D eigenvalue weighted by Crippen LogP contribution is -2.18. The number of nitrogens with one attached hydrogen (secondary N) is 1. The van der Waals surface area contributed by atoms with Crippen LogP contribution in [0.4, 0.5) is 5.82 Å². The molecule has 1 heterocycles. The molecule has 0 radical (unpaired) electrons. The Kier molecular flexibility index (Phi) is 6.50. The van der Waals surface area contributed by atoms with Gasteiger partial charge in [-0.2, -0.15) is 5.10 Å². The SMILES string of the molecule is COc1cc(C(=O)Nc2ccnn2C(C)C2CC2)cc(Cl)c1OCCC(C)C. The molecule has 1 atom stereocenters. The van der Waals surface area contributed by atoms with Crippen molar-refractivity contribution in [3.63, 3.8) is 0 Å². The number of aromatic nitrogens is 2. The summed E-state index contributed by atoms with van der Waals surface area (Å²) in [5.41, 5.74) is 0.407. The lowest BCUT2D eigenvalue weighted by molar-refractivity contribution is 0.102. The number of rotatable bonds is 9. The van der Waals surface area contributed by atoms with Gasteiger partial charge in [0, 0.05) is 11.6 Å². The van der Waals surface area contributed by atoms with Crippen LogP contribution in [0.2, 0.25) is 5.02 Å². The van der Waals surface area contributed by atoms with E-state index in [9.17, 15) is 4.79 Å². The van der Waals surface area contributed by atoms with Gasteiger partial charge in [-0.3, -0.25) is 4.79 Å². The summed E-state index contributed by atoms with van der Waals surface area (Å²) in [6, 6.07) is 5.32. The smallest absolute Gasteiger partial charge is 0.257 e. The summed E-state index contributed by atoms with van der Waals surface area (Å²) in [5.74, 6) is 2.48. The van der Waals surface area contributed by atoms with E-state index in [4.69, 9.17) is 21.1 Å². The van der Waals surface area contributed by atoms with Gasteiger partial charge in [0.05, 0.1) is 31.0 Å². The van der Waals surface area contributed by atoms with Crippen LogP contribution in [0.15, 0.2) is 24.4 Å². The molecule has 2 aromatic rings. The molecule has 1 fully saturated rings. The van der Waals surface area contributed by atoms with Crippen molar-refractivity contribution >= 4 is 23.3 Å². The number of hydrogen-bond donors (Lipinski definition) is 1. The molecule has 7 heteroatoms. The van der Waals surface area contributed by atoms with E-state index in [0.717, 1.165) is 6.42 Å². The van der Waals surface area contributed by atoms with Crippen LogP contribution in [0, 0.1) is 11.8 Å². The van der Waals surface area contributed by atoms with Gasteiger partial charge in [0.25, 0.3) is 5.91 Å². The lowest BCUT2D eigenvalue weighted by atomic mass is 10.1. The zero-order chi connectivity index (χ0) is 20.3. The molecule has 1 N–H and O–H groups in total. The molecular formula is C21H28ClN3O3. The van der Waals surface area contributed by atoms with Crippen LogP contribution < -0.4 is 14.8 Å². The monoisotopic (exact) mass is 405 g/mol. The zero-order valence-electron chi connectivity index (χ0n) is 16.9. The molecule has 0 aliphatic heterocycles. The highest BCUT2D eigenvalue weighted by atomic mass is 35.5. The summed E-state index contributed by atoms with van der Waals surface area (Å²) < 4.78 is 13.1. The van der Waals surface area contributed by atoms with Gasteiger partial charge in [-0.25, -0.2) is 4.68 Å². The highest BCUT2D eigenvalue weighted by Crippen LogP contribution is 2.40. The molecule has 1 aliphatic rings. The number of amides is 1. The predicted molar refractivity (Wildman–Crippen MR) is 111 cm³/mol. The molecular weight excluding hydrogens is 378 g/mol. The van der Waals surface area contributed by atoms with Crippen LogP contribution in [-0.4, -0.2) is 29.4 Å². The van der Waals surface area contributed by atoms with E-state index < -0.39 is 0 Å². The van der Waals surface area contributed by atoms with Gasteiger partial charge >= 0.3 is 0 Å². The highest BCUT2D eigenvalue weighted by Gasteiger charge is 2.31. The third-order valence-electron chi connectivity index (χ3n) is 5.04. The number of anilines is 1. The van der Waals surface area contributed by atoms with E-state index in [0.29, 0.717) is 46.3 Å². The third-order valence-corrected chi connectivity index (χ3v) is 5.32. The first-order chi connectivity index (χ1) is 13.4. The Hall–Kier alpha value is -2.21. The molecule has 28 heavy (non-hydrogen) atoms. The summed E-state index contributed by atoms with van der Waals surface area (Å²) >= 11 is 6.38. The predicted octanol–water partition coefficient (Wildman–Crippen LogP) is 5.19. The Morgan fingerprint density at radius 1 is 1.36 bits per heavy atom. The maximum absolute atomic E-state index is 12.8. The highest BCUT2D eigenvalue weighted by molar-refractivity contribution is 6.32. The quantitative estimate of drug-likeness (QED) is 0.623. The number of halogens is 1. The summed E-state index contributed by atoms with van der Waals surface area (Å²) in [7, 11) is 1.54. The first kappa shape index (κ1) is 20.5. The van der Waals surface area contributed by atoms with Crippen molar-refractivity contribution in [2.75, 3.05) is 19.0 Å². The molecule has 152 valence electrons. The van der Waals surface area contributed by atoms with E-state index in [1.54, 1.807) is 24.4 Å². The maximum Gasteiger partial charge on any atom is 0.257 e. The number of carbonyl (C=O) groups is 1. The fourth-order valence-electron chi connectivity index (χ4n) is 3.09. The molecule has 3 rings (SSSR count). The number of hydrogen-bond acceptors (Lipinski definition) is 4. The molecule has 1 saturated carbocycles. The van der Waals surface area contributed by atoms with Gasteiger partial charge in [-0.15, -0.1) is 0 Å². The van der Waals surface area contributed by atoms with Gasteiger partial charge in [0.15, 0.2) is 11.5 Å². The molecule has 1 aromatic heterocycles. The lowest BCUT2D eigenvalue weighted by Gasteiger charge is -2.17. The Morgan fingerprint density at radius 3 is 2.75 bits per heavy atom. The van der Waals surface area contributed by atoms with E-state index in [-0.39, 0.29) is 11.9 Å². The van der Waals surface area contributed by atoms with Crippen LogP contribution in [0.5, 0.6) is 11.5 Å². The van der Waals surface area contributed by atoms with Crippen molar-refractivity contribution in [2.45, 2.75) is 46.1 Å². The Balaban J connectivity index is 1.75. The average Bonchev–Trinajstić information content (AvgIpc) is 3.41. The van der Waals surface area contributed by atoms with Gasteiger partial charge < -0.3 is 14.8 Å². The Bertz CT molecular complexity index is 830. The number of nitrogens with zero attached hydrogens (tertiary/aromatic N) is 2. The fourth-order valence-corrected chi connectivity index (χ4v) is 3.36. The van der Waals surface area contributed by atoms with Crippen LogP contribution >= 0.6 is 11.6 Å². The molecule has 0 spiro atoms. The largest absolute Gasteiger partial charge is 0.493 e. The minimum Gasteiger partial charge on any atom is -0.493 e. The van der Waals surface area contributed by atoms with Gasteiger partial charge in [-0.1, -0.05) is 25.4 Å². The van der Waals surface area contributed by atoms with Crippen LogP contribution in [-0.2, 0) is 0 Å². The van der Waals surface area contributed by atoms with Gasteiger partial charge in [-0.05, 0) is 50.2 Å². The molecule has 1 amide bonds. The van der Waals surface area contributed by atoms with Crippen molar-refractivity contribution < 1.29 is 14.3 Å². The second-order valence-electron chi connectivity index (χ2n) is 7.71. The van der Waals surface area contributed by atoms with Crippen LogP contribution in [0.3, 0.4) is 0 Å². The summed E-state index contributed by atoms with van der Waals surface area (Å²) in [6.45, 7) is 6.93. The topological polar surface area (TPSA) is 65.4 Å². The fraction of sp³-hybridized carbons (Fsp3) is 0.524. The van der Waals surface area contributed by atoms with Gasteiger partial charge in [0.1, 0.15) is 5.82 Å². The maximum atomic E-state index is 12.8. The van der Waals surface area contributed by atoms with E-state index in [1.807, 2.05) is 4.68 Å². The Labute approximate surface area is 171 Å². The van der Waals surface area contributed by atoms with E-state index >= 15 is 0 Å². The first-order valence-corrected chi connectivity index (χ1v) is 10.1. The van der Waals surface area contributed by atoms with E-state index in [1.165, 1.54) is 20.0 Å². The van der Waals surface area contributed by atoms with Gasteiger partial charge in [0.2, 0.25) is 0 Å². The van der Waals surface area contributed by atoms with E-state index in [2.05, 4.69) is 31.2 Å². The molecule has 6 nitrogen and oxygen atoms in total. The Morgan fingerprint density at radius 2 is 2.11 bits per heavy atom. The summed E-state index contributed by atoms with van der Waals surface area (Å²) in [6.07, 6.45) is 5.03. The summed E-state index contributed by atoms with van der Waals surface area (Å²) in [5, 5.41) is 7.66. The first-order valence-electron chi connectivity index (χ1n) is 9.76.